The molecule has 0 unspecified atom stereocenters. The number of carbonyl (C=O) groups excluding carboxylic acids is 2. The molecule has 6 heteroatoms. The zero-order chi connectivity index (χ0) is 14.1. The monoisotopic (exact) mass is 338 g/mol. The number of hydrogen-bond donors (Lipinski definition) is 0. The Bertz CT molecular complexity index is 555. The van der Waals surface area contributed by atoms with Crippen LogP contribution in [0, 0.1) is 0 Å². The molecular formula is C14H15BrN2O3. The van der Waals surface area contributed by atoms with Gasteiger partial charge in [-0.05, 0) is 18.2 Å². The van der Waals surface area contributed by atoms with Crippen molar-refractivity contribution in [1.82, 2.24) is 9.80 Å². The second-order valence-electron chi connectivity index (χ2n) is 4.91. The first-order chi connectivity index (χ1) is 9.66. The summed E-state index contributed by atoms with van der Waals surface area (Å²) in [4.78, 5) is 28.1. The van der Waals surface area contributed by atoms with Gasteiger partial charge in [0.1, 0.15) is 0 Å². The number of rotatable bonds is 3. The molecule has 0 N–H and O–H groups in total. The number of fused-ring (bicyclic) bond motifs is 1. The first-order valence-electron chi connectivity index (χ1n) is 6.62. The average Bonchev–Trinajstić information content (AvgIpc) is 2.70. The summed E-state index contributed by atoms with van der Waals surface area (Å²) in [5.41, 5.74) is 0.992. The molecule has 1 aromatic rings. The Morgan fingerprint density at radius 2 is 1.75 bits per heavy atom. The molecule has 0 saturated carbocycles. The molecule has 0 spiro atoms. The van der Waals surface area contributed by atoms with E-state index >= 15 is 0 Å². The Morgan fingerprint density at radius 3 is 2.50 bits per heavy atom. The van der Waals surface area contributed by atoms with Crippen molar-refractivity contribution in [3.8, 4) is 0 Å². The third-order valence-electron chi connectivity index (χ3n) is 3.68. The molecule has 106 valence electrons. The van der Waals surface area contributed by atoms with Crippen molar-refractivity contribution < 1.29 is 14.3 Å². The van der Waals surface area contributed by atoms with Crippen molar-refractivity contribution in [2.45, 2.75) is 0 Å². The molecule has 0 radical (unpaired) electrons. The summed E-state index contributed by atoms with van der Waals surface area (Å²) in [6.45, 7) is 4.29. The molecule has 2 amide bonds. The molecule has 0 bridgehead atoms. The highest BCUT2D eigenvalue weighted by Gasteiger charge is 2.35. The van der Waals surface area contributed by atoms with Gasteiger partial charge in [-0.3, -0.25) is 19.4 Å². The average molecular weight is 339 g/mol. The van der Waals surface area contributed by atoms with Crippen molar-refractivity contribution in [2.75, 3.05) is 39.4 Å². The van der Waals surface area contributed by atoms with Crippen LogP contribution in [0.25, 0.3) is 0 Å². The van der Waals surface area contributed by atoms with E-state index in [1.165, 1.54) is 4.90 Å². The maximum atomic E-state index is 12.3. The summed E-state index contributed by atoms with van der Waals surface area (Å²) in [5, 5.41) is 0. The van der Waals surface area contributed by atoms with Gasteiger partial charge in [-0.15, -0.1) is 0 Å². The lowest BCUT2D eigenvalue weighted by Gasteiger charge is -2.27. The van der Waals surface area contributed by atoms with Crippen LogP contribution in [0.1, 0.15) is 20.7 Å². The van der Waals surface area contributed by atoms with Crippen molar-refractivity contribution in [3.05, 3.63) is 33.8 Å². The first-order valence-corrected chi connectivity index (χ1v) is 7.42. The zero-order valence-corrected chi connectivity index (χ0v) is 12.6. The fourth-order valence-electron chi connectivity index (χ4n) is 2.53. The van der Waals surface area contributed by atoms with Crippen LogP contribution in [0.15, 0.2) is 22.7 Å². The Hall–Kier alpha value is -1.24. The van der Waals surface area contributed by atoms with Crippen LogP contribution in [0.5, 0.6) is 0 Å². The molecule has 1 aromatic carbocycles. The summed E-state index contributed by atoms with van der Waals surface area (Å²) in [7, 11) is 0. The van der Waals surface area contributed by atoms with E-state index in [9.17, 15) is 9.59 Å². The summed E-state index contributed by atoms with van der Waals surface area (Å²) in [6, 6.07) is 5.20. The van der Waals surface area contributed by atoms with Crippen LogP contribution in [0.2, 0.25) is 0 Å². The van der Waals surface area contributed by atoms with Crippen LogP contribution >= 0.6 is 15.9 Å². The van der Waals surface area contributed by atoms with E-state index in [2.05, 4.69) is 20.8 Å². The molecule has 3 rings (SSSR count). The highest BCUT2D eigenvalue weighted by atomic mass is 79.9. The number of ether oxygens (including phenoxy) is 1. The van der Waals surface area contributed by atoms with Crippen molar-refractivity contribution in [3.63, 3.8) is 0 Å². The summed E-state index contributed by atoms with van der Waals surface area (Å²) >= 11 is 3.33. The number of imide groups is 1. The smallest absolute Gasteiger partial charge is 0.261 e. The van der Waals surface area contributed by atoms with E-state index < -0.39 is 0 Å². The third kappa shape index (κ3) is 2.51. The second-order valence-corrected chi connectivity index (χ2v) is 5.82. The number of amides is 2. The molecule has 1 saturated heterocycles. The summed E-state index contributed by atoms with van der Waals surface area (Å²) in [6.07, 6.45) is 0. The Kier molecular flexibility index (Phi) is 3.87. The van der Waals surface area contributed by atoms with E-state index in [4.69, 9.17) is 4.74 Å². The maximum absolute atomic E-state index is 12.3. The van der Waals surface area contributed by atoms with Gasteiger partial charge >= 0.3 is 0 Å². The van der Waals surface area contributed by atoms with Gasteiger partial charge in [-0.1, -0.05) is 15.9 Å². The van der Waals surface area contributed by atoms with Crippen LogP contribution in [0.4, 0.5) is 0 Å². The molecule has 1 fully saturated rings. The van der Waals surface area contributed by atoms with Crippen molar-refractivity contribution in [1.29, 1.82) is 0 Å². The van der Waals surface area contributed by atoms with Gasteiger partial charge in [0.25, 0.3) is 11.8 Å². The molecular weight excluding hydrogens is 324 g/mol. The number of morpholine rings is 1. The Morgan fingerprint density at radius 1 is 1.05 bits per heavy atom. The predicted molar refractivity (Wildman–Crippen MR) is 76.8 cm³/mol. The van der Waals surface area contributed by atoms with Gasteiger partial charge in [0.15, 0.2) is 0 Å². The second kappa shape index (κ2) is 5.63. The van der Waals surface area contributed by atoms with E-state index in [1.54, 1.807) is 18.2 Å². The van der Waals surface area contributed by atoms with Gasteiger partial charge in [0, 0.05) is 30.7 Å². The van der Waals surface area contributed by atoms with Gasteiger partial charge in [-0.2, -0.15) is 0 Å². The van der Waals surface area contributed by atoms with E-state index in [-0.39, 0.29) is 11.8 Å². The highest BCUT2D eigenvalue weighted by Crippen LogP contribution is 2.25. The van der Waals surface area contributed by atoms with Crippen LogP contribution in [0.3, 0.4) is 0 Å². The normalized spacial score (nSPS) is 19.6. The largest absolute Gasteiger partial charge is 0.379 e. The van der Waals surface area contributed by atoms with Crippen molar-refractivity contribution in [2.24, 2.45) is 0 Å². The topological polar surface area (TPSA) is 49.9 Å². The zero-order valence-electron chi connectivity index (χ0n) is 11.0. The molecule has 0 aliphatic carbocycles. The molecule has 2 heterocycles. The Balaban J connectivity index is 1.69. The van der Waals surface area contributed by atoms with Crippen LogP contribution in [-0.2, 0) is 4.74 Å². The first kappa shape index (κ1) is 13.7. The Labute approximate surface area is 125 Å². The third-order valence-corrected chi connectivity index (χ3v) is 4.17. The van der Waals surface area contributed by atoms with Gasteiger partial charge in [0.2, 0.25) is 0 Å². The van der Waals surface area contributed by atoms with Crippen molar-refractivity contribution >= 4 is 27.7 Å². The van der Waals surface area contributed by atoms with E-state index in [0.717, 1.165) is 30.8 Å². The lowest BCUT2D eigenvalue weighted by Crippen LogP contribution is -2.42. The van der Waals surface area contributed by atoms with Gasteiger partial charge < -0.3 is 4.74 Å². The fourth-order valence-corrected chi connectivity index (χ4v) is 2.89. The summed E-state index contributed by atoms with van der Waals surface area (Å²) < 4.78 is 6.10. The van der Waals surface area contributed by atoms with E-state index in [0.29, 0.717) is 24.2 Å². The van der Waals surface area contributed by atoms with Crippen LogP contribution < -0.4 is 0 Å². The maximum Gasteiger partial charge on any atom is 0.261 e. The number of benzene rings is 1. The molecule has 0 atom stereocenters. The molecule has 0 aromatic heterocycles. The lowest BCUT2D eigenvalue weighted by atomic mass is 10.1. The minimum absolute atomic E-state index is 0.189. The van der Waals surface area contributed by atoms with Gasteiger partial charge in [-0.25, -0.2) is 0 Å². The fraction of sp³-hybridized carbons (Fsp3) is 0.429. The highest BCUT2D eigenvalue weighted by molar-refractivity contribution is 9.10. The van der Waals surface area contributed by atoms with Gasteiger partial charge in [0.05, 0.1) is 24.3 Å². The number of hydrogen-bond acceptors (Lipinski definition) is 4. The van der Waals surface area contributed by atoms with E-state index in [1.807, 2.05) is 0 Å². The molecule has 5 nitrogen and oxygen atoms in total. The number of carbonyl (C=O) groups is 2. The minimum atomic E-state index is -0.195. The molecule has 20 heavy (non-hydrogen) atoms. The standard InChI is InChI=1S/C14H15BrN2O3/c15-10-1-2-11-12(9-10)14(19)17(13(11)18)4-3-16-5-7-20-8-6-16/h1-2,9H,3-8H2. The quantitative estimate of drug-likeness (QED) is 0.781. The SMILES string of the molecule is O=C1c2ccc(Br)cc2C(=O)N1CCN1CCOCC1. The van der Waals surface area contributed by atoms with Crippen LogP contribution in [-0.4, -0.2) is 61.0 Å². The lowest BCUT2D eigenvalue weighted by molar-refractivity contribution is 0.0325. The predicted octanol–water partition coefficient (Wildman–Crippen LogP) is 1.38. The minimum Gasteiger partial charge on any atom is -0.379 e. The number of halogens is 1. The number of nitrogens with zero attached hydrogens (tertiary/aromatic N) is 2. The molecule has 2 aliphatic heterocycles. The summed E-state index contributed by atoms with van der Waals surface area (Å²) in [5.74, 6) is -0.384. The molecule has 2 aliphatic rings.